The van der Waals surface area contributed by atoms with E-state index in [1.807, 2.05) is 12.4 Å². The van der Waals surface area contributed by atoms with Gasteiger partial charge in [-0.25, -0.2) is 9.97 Å². The molecule has 17 heavy (non-hydrogen) atoms. The molecule has 0 spiro atoms. The number of aromatic amines is 1. The lowest BCUT2D eigenvalue weighted by Crippen LogP contribution is -2.11. The minimum absolute atomic E-state index is 0.193. The molecule has 2 heterocycles. The van der Waals surface area contributed by atoms with Crippen molar-refractivity contribution in [2.75, 3.05) is 6.61 Å². The number of rotatable bonds is 4. The first kappa shape index (κ1) is 11.8. The molecule has 0 radical (unpaired) electrons. The van der Waals surface area contributed by atoms with Crippen LogP contribution in [0, 0.1) is 13.8 Å². The molecule has 2 aromatic rings. The molecule has 0 saturated heterocycles. The number of ether oxygens (including phenoxy) is 1. The molecule has 0 saturated carbocycles. The second-order valence-corrected chi connectivity index (χ2v) is 4.57. The predicted octanol–water partition coefficient (Wildman–Crippen LogP) is 1.46. The van der Waals surface area contributed by atoms with E-state index in [1.165, 1.54) is 10.9 Å². The van der Waals surface area contributed by atoms with Crippen molar-refractivity contribution in [3.8, 4) is 5.88 Å². The number of aryl methyl sites for hydroxylation is 2. The van der Waals surface area contributed by atoms with Crippen molar-refractivity contribution in [1.29, 1.82) is 0 Å². The summed E-state index contributed by atoms with van der Waals surface area (Å²) >= 11 is 1.61. The summed E-state index contributed by atoms with van der Waals surface area (Å²) in [6.45, 7) is 4.20. The number of nitrogens with one attached hydrogen (secondary N) is 1. The molecule has 0 aromatic carbocycles. The van der Waals surface area contributed by atoms with E-state index in [2.05, 4.69) is 15.0 Å². The van der Waals surface area contributed by atoms with Crippen LogP contribution >= 0.6 is 11.3 Å². The molecule has 1 N–H and O–H groups in total. The first-order valence-electron chi connectivity index (χ1n) is 5.25. The molecule has 0 atom stereocenters. The lowest BCUT2D eigenvalue weighted by atomic mass is 10.3. The molecule has 2 rings (SSSR count). The van der Waals surface area contributed by atoms with Crippen LogP contribution in [-0.2, 0) is 6.42 Å². The SMILES string of the molecule is Cc1nc(OCCc2scnc2C)cc(=O)[nH]1. The van der Waals surface area contributed by atoms with Crippen LogP contribution in [0.25, 0.3) is 0 Å². The Kier molecular flexibility index (Phi) is 3.53. The fourth-order valence-electron chi connectivity index (χ4n) is 1.44. The molecule has 0 aliphatic rings. The molecule has 2 aromatic heterocycles. The van der Waals surface area contributed by atoms with Gasteiger partial charge in [-0.3, -0.25) is 4.79 Å². The number of nitrogens with zero attached hydrogens (tertiary/aromatic N) is 2. The van der Waals surface area contributed by atoms with Crippen LogP contribution in [0.1, 0.15) is 16.4 Å². The van der Waals surface area contributed by atoms with Crippen molar-refractivity contribution in [3.63, 3.8) is 0 Å². The first-order chi connectivity index (χ1) is 8.15. The number of aromatic nitrogens is 3. The Morgan fingerprint density at radius 2 is 2.29 bits per heavy atom. The smallest absolute Gasteiger partial charge is 0.254 e. The van der Waals surface area contributed by atoms with Crippen molar-refractivity contribution in [1.82, 2.24) is 15.0 Å². The summed E-state index contributed by atoms with van der Waals surface area (Å²) in [7, 11) is 0. The zero-order chi connectivity index (χ0) is 12.3. The van der Waals surface area contributed by atoms with E-state index in [9.17, 15) is 4.79 Å². The molecule has 0 aliphatic carbocycles. The summed E-state index contributed by atoms with van der Waals surface area (Å²) in [6, 6.07) is 1.35. The molecule has 6 heteroatoms. The predicted molar refractivity (Wildman–Crippen MR) is 65.6 cm³/mol. The van der Waals surface area contributed by atoms with E-state index < -0.39 is 0 Å². The van der Waals surface area contributed by atoms with Crippen LogP contribution in [0.2, 0.25) is 0 Å². The highest BCUT2D eigenvalue weighted by atomic mass is 32.1. The van der Waals surface area contributed by atoms with Crippen LogP contribution in [0.15, 0.2) is 16.4 Å². The topological polar surface area (TPSA) is 67.9 Å². The Morgan fingerprint density at radius 1 is 1.47 bits per heavy atom. The number of thiazole rings is 1. The quantitative estimate of drug-likeness (QED) is 0.893. The third-order valence-corrected chi connectivity index (χ3v) is 3.26. The van der Waals surface area contributed by atoms with Crippen LogP contribution < -0.4 is 10.3 Å². The second-order valence-electron chi connectivity index (χ2n) is 3.63. The van der Waals surface area contributed by atoms with Crippen LogP contribution in [0.5, 0.6) is 5.88 Å². The molecular weight excluding hydrogens is 238 g/mol. The monoisotopic (exact) mass is 251 g/mol. The van der Waals surface area contributed by atoms with Gasteiger partial charge in [-0.05, 0) is 13.8 Å². The van der Waals surface area contributed by atoms with Crippen molar-refractivity contribution in [2.45, 2.75) is 20.3 Å². The first-order valence-corrected chi connectivity index (χ1v) is 6.13. The molecule has 0 amide bonds. The van der Waals surface area contributed by atoms with E-state index in [0.29, 0.717) is 18.3 Å². The minimum atomic E-state index is -0.193. The van der Waals surface area contributed by atoms with Crippen LogP contribution in [-0.4, -0.2) is 21.6 Å². The Balaban J connectivity index is 1.94. The average Bonchev–Trinajstić information content (AvgIpc) is 2.63. The van der Waals surface area contributed by atoms with Gasteiger partial charge in [0.05, 0.1) is 23.9 Å². The summed E-state index contributed by atoms with van der Waals surface area (Å²) in [5.74, 6) is 0.926. The van der Waals surface area contributed by atoms with Crippen molar-refractivity contribution < 1.29 is 4.74 Å². The fourth-order valence-corrected chi connectivity index (χ4v) is 2.20. The van der Waals surface area contributed by atoms with Gasteiger partial charge < -0.3 is 9.72 Å². The van der Waals surface area contributed by atoms with Gasteiger partial charge in [0.15, 0.2) is 0 Å². The van der Waals surface area contributed by atoms with E-state index in [-0.39, 0.29) is 5.56 Å². The largest absolute Gasteiger partial charge is 0.477 e. The molecule has 0 fully saturated rings. The molecule has 90 valence electrons. The Morgan fingerprint density at radius 3 is 2.94 bits per heavy atom. The molecule has 0 unspecified atom stereocenters. The summed E-state index contributed by atoms with van der Waals surface area (Å²) < 4.78 is 5.44. The average molecular weight is 251 g/mol. The van der Waals surface area contributed by atoms with Gasteiger partial charge in [-0.2, -0.15) is 0 Å². The number of hydrogen-bond donors (Lipinski definition) is 1. The van der Waals surface area contributed by atoms with E-state index in [4.69, 9.17) is 4.74 Å². The van der Waals surface area contributed by atoms with Crippen molar-refractivity contribution in [3.05, 3.63) is 38.3 Å². The highest BCUT2D eigenvalue weighted by molar-refractivity contribution is 7.09. The maximum Gasteiger partial charge on any atom is 0.254 e. The Bertz CT molecular complexity index is 562. The third kappa shape index (κ3) is 3.13. The van der Waals surface area contributed by atoms with Gasteiger partial charge in [0.2, 0.25) is 5.88 Å². The van der Waals surface area contributed by atoms with Gasteiger partial charge in [0, 0.05) is 11.3 Å². The second kappa shape index (κ2) is 5.09. The van der Waals surface area contributed by atoms with E-state index in [0.717, 1.165) is 12.1 Å². The zero-order valence-corrected chi connectivity index (χ0v) is 10.5. The zero-order valence-electron chi connectivity index (χ0n) is 9.69. The van der Waals surface area contributed by atoms with Gasteiger partial charge in [0.1, 0.15) is 5.82 Å². The van der Waals surface area contributed by atoms with E-state index in [1.54, 1.807) is 18.3 Å². The molecule has 5 nitrogen and oxygen atoms in total. The normalized spacial score (nSPS) is 10.5. The fraction of sp³-hybridized carbons (Fsp3) is 0.364. The summed E-state index contributed by atoms with van der Waals surface area (Å²) in [5, 5.41) is 0. The maximum absolute atomic E-state index is 11.2. The number of hydrogen-bond acceptors (Lipinski definition) is 5. The molecule has 0 bridgehead atoms. The summed E-state index contributed by atoms with van der Waals surface area (Å²) in [6.07, 6.45) is 0.782. The van der Waals surface area contributed by atoms with Gasteiger partial charge in [-0.15, -0.1) is 11.3 Å². The third-order valence-electron chi connectivity index (χ3n) is 2.26. The highest BCUT2D eigenvalue weighted by Crippen LogP contribution is 2.13. The van der Waals surface area contributed by atoms with Crippen LogP contribution in [0.3, 0.4) is 0 Å². The Labute approximate surface area is 103 Å². The molecular formula is C11H13N3O2S. The van der Waals surface area contributed by atoms with Crippen LogP contribution in [0.4, 0.5) is 0 Å². The van der Waals surface area contributed by atoms with E-state index >= 15 is 0 Å². The summed E-state index contributed by atoms with van der Waals surface area (Å²) in [5.41, 5.74) is 2.66. The lowest BCUT2D eigenvalue weighted by molar-refractivity contribution is 0.308. The lowest BCUT2D eigenvalue weighted by Gasteiger charge is -2.04. The van der Waals surface area contributed by atoms with Gasteiger partial charge in [0.25, 0.3) is 5.56 Å². The van der Waals surface area contributed by atoms with Gasteiger partial charge in [-0.1, -0.05) is 0 Å². The standard InChI is InChI=1S/C11H13N3O2S/c1-7-9(17-6-12-7)3-4-16-11-5-10(15)13-8(2)14-11/h5-6H,3-4H2,1-2H3,(H,13,14,15). The number of H-pyrrole nitrogens is 1. The highest BCUT2D eigenvalue weighted by Gasteiger charge is 2.03. The van der Waals surface area contributed by atoms with Gasteiger partial charge >= 0.3 is 0 Å². The Hall–Kier alpha value is -1.69. The maximum atomic E-state index is 11.2. The van der Waals surface area contributed by atoms with Crippen molar-refractivity contribution in [2.24, 2.45) is 0 Å². The van der Waals surface area contributed by atoms with Crippen molar-refractivity contribution >= 4 is 11.3 Å². The summed E-state index contributed by atoms with van der Waals surface area (Å²) in [4.78, 5) is 23.2. The molecule has 0 aliphatic heterocycles. The minimum Gasteiger partial charge on any atom is -0.477 e.